The number of pyridine rings is 1. The third-order valence-corrected chi connectivity index (χ3v) is 7.47. The molecule has 2 aromatic heterocycles. The Morgan fingerprint density at radius 3 is 2.45 bits per heavy atom. The molecule has 0 spiro atoms. The molecular weight excluding hydrogens is 594 g/mol. The number of fused-ring (bicyclic) bond motifs is 1. The summed E-state index contributed by atoms with van der Waals surface area (Å²) in [6.45, 7) is -1.65. The van der Waals surface area contributed by atoms with E-state index in [1.807, 2.05) is 0 Å². The predicted molar refractivity (Wildman–Crippen MR) is 137 cm³/mol. The van der Waals surface area contributed by atoms with Crippen molar-refractivity contribution in [3.05, 3.63) is 69.5 Å². The number of halogens is 5. The van der Waals surface area contributed by atoms with Gasteiger partial charge in [-0.05, 0) is 62.5 Å². The Kier molecular flexibility index (Phi) is 11.3. The average molecular weight is 623 g/mol. The van der Waals surface area contributed by atoms with Crippen LogP contribution in [0.3, 0.4) is 0 Å². The second-order valence-corrected chi connectivity index (χ2v) is 10.1. The first-order valence-corrected chi connectivity index (χ1v) is 12.9. The molecule has 10 nitrogen and oxygen atoms in total. The quantitative estimate of drug-likeness (QED) is 0.338. The van der Waals surface area contributed by atoms with Gasteiger partial charge in [-0.15, -0.1) is 0 Å². The third-order valence-electron chi connectivity index (χ3n) is 7.47. The number of aromatic amines is 1. The number of piperidine rings is 1. The van der Waals surface area contributed by atoms with Gasteiger partial charge in [-0.25, -0.2) is 18.6 Å². The Morgan fingerprint density at radius 1 is 1.05 bits per heavy atom. The number of rotatable bonds is 4. The van der Waals surface area contributed by atoms with Crippen LogP contribution in [0.2, 0.25) is 0 Å². The molecule has 4 heterocycles. The van der Waals surface area contributed by atoms with Gasteiger partial charge in [0.05, 0.1) is 5.52 Å². The number of nitrogens with zero attached hydrogens (tertiary/aromatic N) is 5. The second kappa shape index (κ2) is 13.9. The fourth-order valence-corrected chi connectivity index (χ4v) is 5.56. The Labute approximate surface area is 279 Å². The standard InChI is InChI=1S/C26H27F5N6O3.K.H2O/c27-18-4-1-3-17(21(18)28)15-6-7-19(23(38)36(13-15)14-26(29,30)31)33-24(39)35-11-8-16(9-12-35)37-20-5-2-10-32-22(20)34-25(37)40;;/h1-5,10,15-16,19H,6-9,11-14H2,(H2,32,33,34,39,40);;1H2/q;+1;/p-1/t15-,19-;;/m1../s1. The summed E-state index contributed by atoms with van der Waals surface area (Å²) >= 11 is 0. The summed E-state index contributed by atoms with van der Waals surface area (Å²) in [7, 11) is 0. The number of alkyl halides is 3. The minimum Gasteiger partial charge on any atom is -0.436 e. The summed E-state index contributed by atoms with van der Waals surface area (Å²) in [6, 6.07) is 4.57. The van der Waals surface area contributed by atoms with E-state index in [1.165, 1.54) is 17.0 Å². The van der Waals surface area contributed by atoms with Gasteiger partial charge >= 0.3 is 63.3 Å². The largest absolute Gasteiger partial charge is 1.00 e. The normalized spacial score (nSPS) is 20.1. The molecule has 2 atom stereocenters. The summed E-state index contributed by atoms with van der Waals surface area (Å²) in [5.74, 6) is -4.21. The zero-order valence-electron chi connectivity index (χ0n) is 22.7. The van der Waals surface area contributed by atoms with Crippen LogP contribution in [0, 0.1) is 11.6 Å². The molecule has 0 aliphatic carbocycles. The molecule has 2 fully saturated rings. The van der Waals surface area contributed by atoms with E-state index < -0.39 is 54.8 Å². The van der Waals surface area contributed by atoms with Crippen LogP contribution in [-0.2, 0) is 4.79 Å². The number of H-pyrrole nitrogens is 1. The molecule has 2 saturated heterocycles. The Morgan fingerprint density at radius 2 is 1.76 bits per heavy atom. The maximum atomic E-state index is 14.5. The molecule has 0 radical (unpaired) electrons. The van der Waals surface area contributed by atoms with Crippen LogP contribution < -0.4 is 57.1 Å². The van der Waals surface area contributed by atoms with Crippen molar-refractivity contribution in [2.75, 3.05) is 26.2 Å². The number of urea groups is 1. The van der Waals surface area contributed by atoms with Gasteiger partial charge in [0, 0.05) is 30.7 Å². The topological polar surface area (TPSA) is 137 Å². The number of carbonyl (C=O) groups is 2. The van der Waals surface area contributed by atoms with Crippen molar-refractivity contribution in [1.29, 1.82) is 0 Å². The number of hydrogen-bond acceptors (Lipinski definition) is 4. The van der Waals surface area contributed by atoms with Crippen LogP contribution in [0.4, 0.5) is 26.7 Å². The number of amides is 3. The molecule has 0 saturated carbocycles. The number of hydrogen-bond donors (Lipinski definition) is 1. The van der Waals surface area contributed by atoms with E-state index >= 15 is 0 Å². The van der Waals surface area contributed by atoms with E-state index in [2.05, 4.69) is 15.3 Å². The minimum atomic E-state index is -4.74. The number of benzene rings is 1. The minimum absolute atomic E-state index is 0. The molecule has 0 bridgehead atoms. The molecule has 0 unspecified atom stereocenters. The first-order chi connectivity index (χ1) is 19.0. The number of imidazole rings is 1. The zero-order chi connectivity index (χ0) is 28.6. The van der Waals surface area contributed by atoms with Gasteiger partial charge in [0.15, 0.2) is 23.3 Å². The van der Waals surface area contributed by atoms with Gasteiger partial charge < -0.3 is 20.6 Å². The van der Waals surface area contributed by atoms with Crippen LogP contribution in [0.15, 0.2) is 41.3 Å². The second-order valence-electron chi connectivity index (χ2n) is 10.1. The van der Waals surface area contributed by atoms with Gasteiger partial charge in [-0.3, -0.25) is 19.1 Å². The molecule has 5 rings (SSSR count). The van der Waals surface area contributed by atoms with E-state index in [1.54, 1.807) is 22.9 Å². The summed E-state index contributed by atoms with van der Waals surface area (Å²) in [5, 5.41) is 3.98. The SMILES string of the molecule is O.O=C([N-][C@@H]1CC[C@@H](c2cccc(F)c2F)CN(CC(F)(F)F)C1=O)N1CCC(n2c(=O)[nH]c3ncccc32)CC1.[K+]. The molecule has 3 aromatic rings. The molecule has 3 amide bonds. The Bertz CT molecular complexity index is 1470. The molecule has 16 heteroatoms. The van der Waals surface area contributed by atoms with Gasteiger partial charge in [0.1, 0.15) is 6.54 Å². The first kappa shape index (κ1) is 34.1. The molecule has 2 aliphatic heterocycles. The van der Waals surface area contributed by atoms with Gasteiger partial charge in [0.25, 0.3) is 0 Å². The van der Waals surface area contributed by atoms with Gasteiger partial charge in [-0.2, -0.15) is 13.2 Å². The van der Waals surface area contributed by atoms with E-state index in [-0.39, 0.29) is 100 Å². The molecule has 1 aromatic carbocycles. The van der Waals surface area contributed by atoms with Crippen molar-refractivity contribution in [2.45, 2.75) is 49.9 Å². The molecule has 42 heavy (non-hydrogen) atoms. The van der Waals surface area contributed by atoms with Crippen LogP contribution in [-0.4, -0.2) is 80.1 Å². The first-order valence-electron chi connectivity index (χ1n) is 12.9. The number of likely N-dealkylation sites (tertiary alicyclic amines) is 2. The maximum Gasteiger partial charge on any atom is 1.00 e. The zero-order valence-corrected chi connectivity index (χ0v) is 25.8. The third kappa shape index (κ3) is 7.39. The van der Waals surface area contributed by atoms with Crippen molar-refractivity contribution < 1.29 is 88.4 Å². The fraction of sp³-hybridized carbons (Fsp3) is 0.462. The maximum absolute atomic E-state index is 14.5. The van der Waals surface area contributed by atoms with Crippen LogP contribution in [0.1, 0.15) is 43.2 Å². The Hall–Kier alpha value is -2.37. The molecule has 3 N–H and O–H groups in total. The molecular formula is C26H28F5KN6O4. The summed E-state index contributed by atoms with van der Waals surface area (Å²) in [6.07, 6.45) is -2.41. The summed E-state index contributed by atoms with van der Waals surface area (Å²) < 4.78 is 69.8. The predicted octanol–water partition coefficient (Wildman–Crippen LogP) is 0.650. The summed E-state index contributed by atoms with van der Waals surface area (Å²) in [5.41, 5.74) is 0.644. The van der Waals surface area contributed by atoms with Crippen LogP contribution in [0.5, 0.6) is 0 Å². The number of carbonyl (C=O) groups excluding carboxylic acids is 2. The fourth-order valence-electron chi connectivity index (χ4n) is 5.56. The van der Waals surface area contributed by atoms with E-state index in [4.69, 9.17) is 0 Å². The van der Waals surface area contributed by atoms with Gasteiger partial charge in [0.2, 0.25) is 5.91 Å². The van der Waals surface area contributed by atoms with Crippen molar-refractivity contribution in [3.63, 3.8) is 0 Å². The average Bonchev–Trinajstić information content (AvgIpc) is 3.18. The van der Waals surface area contributed by atoms with E-state index in [0.29, 0.717) is 28.9 Å². The monoisotopic (exact) mass is 622 g/mol. The van der Waals surface area contributed by atoms with E-state index in [0.717, 1.165) is 6.07 Å². The van der Waals surface area contributed by atoms with Crippen molar-refractivity contribution in [1.82, 2.24) is 24.3 Å². The van der Waals surface area contributed by atoms with Crippen molar-refractivity contribution in [3.8, 4) is 0 Å². The molecule has 222 valence electrons. The number of aromatic nitrogens is 3. The van der Waals surface area contributed by atoms with Crippen LogP contribution in [0.25, 0.3) is 16.5 Å². The number of nitrogens with one attached hydrogen (secondary N) is 1. The smallest absolute Gasteiger partial charge is 0.436 e. The van der Waals surface area contributed by atoms with Gasteiger partial charge in [-0.1, -0.05) is 12.1 Å². The van der Waals surface area contributed by atoms with Crippen LogP contribution >= 0.6 is 0 Å². The Balaban J connectivity index is 0.00000242. The summed E-state index contributed by atoms with van der Waals surface area (Å²) in [4.78, 5) is 47.3. The molecule has 2 aliphatic rings. The van der Waals surface area contributed by atoms with E-state index in [9.17, 15) is 36.3 Å². The van der Waals surface area contributed by atoms with Crippen molar-refractivity contribution >= 4 is 23.1 Å². The van der Waals surface area contributed by atoms with Crippen molar-refractivity contribution in [2.24, 2.45) is 0 Å².